The van der Waals surface area contributed by atoms with E-state index in [0.29, 0.717) is 6.61 Å². The third-order valence-electron chi connectivity index (χ3n) is 1.60. The summed E-state index contributed by atoms with van der Waals surface area (Å²) in [6, 6.07) is 0. The lowest BCUT2D eigenvalue weighted by molar-refractivity contribution is -0.347. The Labute approximate surface area is 107 Å². The molecule has 1 atom stereocenters. The van der Waals surface area contributed by atoms with Gasteiger partial charge in [-0.3, -0.25) is 5.26 Å². The van der Waals surface area contributed by atoms with Crippen molar-refractivity contribution >= 4 is 5.97 Å². The van der Waals surface area contributed by atoms with Crippen molar-refractivity contribution in [2.45, 2.75) is 31.0 Å². The van der Waals surface area contributed by atoms with E-state index in [0.717, 1.165) is 0 Å². The number of carboxylic acid groups (broad SMARTS) is 1. The first-order chi connectivity index (χ1) is 8.75. The van der Waals surface area contributed by atoms with E-state index in [1.165, 1.54) is 0 Å². The summed E-state index contributed by atoms with van der Waals surface area (Å²) in [6.45, 7) is 2.14. The van der Waals surface area contributed by atoms with Crippen LogP contribution in [0.15, 0.2) is 0 Å². The predicted octanol–water partition coefficient (Wildman–Crippen LogP) is 2.41. The van der Waals surface area contributed by atoms with Gasteiger partial charge in [-0.25, -0.2) is 9.68 Å². The molecule has 0 aliphatic rings. The van der Waals surface area contributed by atoms with Crippen LogP contribution < -0.4 is 0 Å². The van der Waals surface area contributed by atoms with E-state index >= 15 is 0 Å². The second kappa shape index (κ2) is 7.59. The van der Waals surface area contributed by atoms with Crippen LogP contribution in [0, 0.1) is 0 Å². The lowest BCUT2D eigenvalue weighted by atomic mass is 10.1. The molecule has 0 aliphatic heterocycles. The highest BCUT2D eigenvalue weighted by molar-refractivity contribution is 5.76. The molecule has 0 aromatic rings. The Morgan fingerprint density at radius 1 is 1.15 bits per heavy atom. The number of alkyl halides is 7. The Balaban J connectivity index is 0. The molecule has 0 fully saturated rings. The molecule has 5 nitrogen and oxygen atoms in total. The zero-order valence-corrected chi connectivity index (χ0v) is 10.0. The van der Waals surface area contributed by atoms with Crippen LogP contribution in [0.5, 0.6) is 0 Å². The topological polar surface area (TPSA) is 76.0 Å². The molecule has 0 spiro atoms. The van der Waals surface area contributed by atoms with Crippen LogP contribution in [0.1, 0.15) is 6.92 Å². The van der Waals surface area contributed by atoms with Crippen LogP contribution in [-0.4, -0.2) is 54.2 Å². The molecule has 0 saturated carbocycles. The number of methoxy groups -OCH3 is 1. The standard InChI is InChI=1S/C4HF7O2.C4H10O3/c5-2(6,1(12)13)3(7,8)4(9,10)11;1-4(7-5)3-6-2/h(H,12,13);4-5H,3H2,1-2H3. The molecule has 0 radical (unpaired) electrons. The molecular formula is C8H11F7O5. The Kier molecular flexibility index (Phi) is 8.03. The average Bonchev–Trinajstić information content (AvgIpc) is 2.28. The maximum absolute atomic E-state index is 11.8. The second-order valence-corrected chi connectivity index (χ2v) is 3.32. The molecule has 1 unspecified atom stereocenters. The van der Waals surface area contributed by atoms with Gasteiger partial charge in [-0.05, 0) is 6.92 Å². The molecular weight excluding hydrogens is 309 g/mol. The molecule has 0 aromatic heterocycles. The minimum atomic E-state index is -6.60. The second-order valence-electron chi connectivity index (χ2n) is 3.32. The number of hydrogen-bond acceptors (Lipinski definition) is 4. The first-order valence-electron chi connectivity index (χ1n) is 4.60. The summed E-state index contributed by atoms with van der Waals surface area (Å²) in [5.74, 6) is -16.3. The number of carbonyl (C=O) groups is 1. The van der Waals surface area contributed by atoms with E-state index in [4.69, 9.17) is 10.4 Å². The lowest BCUT2D eigenvalue weighted by Gasteiger charge is -2.24. The van der Waals surface area contributed by atoms with Gasteiger partial charge in [-0.15, -0.1) is 0 Å². The van der Waals surface area contributed by atoms with Gasteiger partial charge < -0.3 is 9.84 Å². The minimum Gasteiger partial charge on any atom is -0.477 e. The molecule has 0 aliphatic carbocycles. The molecule has 0 amide bonds. The Morgan fingerprint density at radius 3 is 1.65 bits per heavy atom. The highest BCUT2D eigenvalue weighted by Gasteiger charge is 2.76. The smallest absolute Gasteiger partial charge is 0.460 e. The molecule has 0 aromatic carbocycles. The molecule has 12 heteroatoms. The third kappa shape index (κ3) is 5.46. The number of carboxylic acids is 1. The monoisotopic (exact) mass is 320 g/mol. The Morgan fingerprint density at radius 2 is 1.55 bits per heavy atom. The van der Waals surface area contributed by atoms with E-state index in [1.807, 2.05) is 0 Å². The molecule has 2 N–H and O–H groups in total. The molecule has 122 valence electrons. The number of ether oxygens (including phenoxy) is 1. The van der Waals surface area contributed by atoms with Crippen molar-refractivity contribution < 1.29 is 55.5 Å². The van der Waals surface area contributed by atoms with Crippen molar-refractivity contribution in [3.8, 4) is 0 Å². The Bertz CT molecular complexity index is 304. The fourth-order valence-electron chi connectivity index (χ4n) is 0.577. The van der Waals surface area contributed by atoms with Crippen LogP contribution in [-0.2, 0) is 14.4 Å². The highest BCUT2D eigenvalue weighted by atomic mass is 19.4. The summed E-state index contributed by atoms with van der Waals surface area (Å²) in [7, 11) is 1.55. The van der Waals surface area contributed by atoms with Crippen LogP contribution in [0.25, 0.3) is 0 Å². The van der Waals surface area contributed by atoms with E-state index in [2.05, 4.69) is 9.62 Å². The van der Waals surface area contributed by atoms with E-state index in [-0.39, 0.29) is 6.10 Å². The minimum absolute atomic E-state index is 0.218. The van der Waals surface area contributed by atoms with E-state index < -0.39 is 24.0 Å². The number of halogens is 7. The summed E-state index contributed by atoms with van der Waals surface area (Å²) in [5.41, 5.74) is 0. The lowest BCUT2D eigenvalue weighted by Crippen LogP contribution is -2.56. The van der Waals surface area contributed by atoms with Gasteiger partial charge in [-0.2, -0.15) is 30.7 Å². The maximum atomic E-state index is 11.8. The zero-order valence-electron chi connectivity index (χ0n) is 10.0. The van der Waals surface area contributed by atoms with Gasteiger partial charge in [0.1, 0.15) is 6.10 Å². The van der Waals surface area contributed by atoms with E-state index in [1.54, 1.807) is 14.0 Å². The molecule has 0 rings (SSSR count). The molecule has 0 saturated heterocycles. The molecule has 0 heterocycles. The van der Waals surface area contributed by atoms with Crippen LogP contribution in [0.2, 0.25) is 0 Å². The van der Waals surface area contributed by atoms with Crippen molar-refractivity contribution in [2.75, 3.05) is 13.7 Å². The van der Waals surface area contributed by atoms with Gasteiger partial charge >= 0.3 is 24.0 Å². The summed E-state index contributed by atoms with van der Waals surface area (Å²) in [4.78, 5) is 13.2. The van der Waals surface area contributed by atoms with Gasteiger partial charge in [0.05, 0.1) is 6.61 Å². The third-order valence-corrected chi connectivity index (χ3v) is 1.60. The van der Waals surface area contributed by atoms with Gasteiger partial charge in [0, 0.05) is 7.11 Å². The summed E-state index contributed by atoms with van der Waals surface area (Å²) in [5, 5.41) is 15.3. The van der Waals surface area contributed by atoms with Crippen LogP contribution >= 0.6 is 0 Å². The van der Waals surface area contributed by atoms with Gasteiger partial charge in [0.25, 0.3) is 0 Å². The number of hydrogen-bond donors (Lipinski definition) is 2. The highest BCUT2D eigenvalue weighted by Crippen LogP contribution is 2.46. The van der Waals surface area contributed by atoms with Crippen molar-refractivity contribution in [1.82, 2.24) is 0 Å². The van der Waals surface area contributed by atoms with Gasteiger partial charge in [0.15, 0.2) is 0 Å². The first kappa shape index (κ1) is 21.2. The fraction of sp³-hybridized carbons (Fsp3) is 0.875. The largest absolute Gasteiger partial charge is 0.477 e. The van der Waals surface area contributed by atoms with E-state index in [9.17, 15) is 35.5 Å². The number of rotatable bonds is 5. The van der Waals surface area contributed by atoms with Gasteiger partial charge in [-0.1, -0.05) is 0 Å². The molecule has 0 bridgehead atoms. The SMILES string of the molecule is COCC(C)OO.O=C(O)C(F)(F)C(F)(F)C(F)(F)F. The number of aliphatic carboxylic acids is 1. The normalized spacial score (nSPS) is 14.3. The predicted molar refractivity (Wildman–Crippen MR) is 48.6 cm³/mol. The van der Waals surface area contributed by atoms with Crippen molar-refractivity contribution in [3.05, 3.63) is 0 Å². The summed E-state index contributed by atoms with van der Waals surface area (Å²) < 4.78 is 85.1. The van der Waals surface area contributed by atoms with Crippen LogP contribution in [0.3, 0.4) is 0 Å². The summed E-state index contributed by atoms with van der Waals surface area (Å²) in [6.07, 6.45) is -6.82. The first-order valence-corrected chi connectivity index (χ1v) is 4.60. The molecule has 20 heavy (non-hydrogen) atoms. The van der Waals surface area contributed by atoms with Gasteiger partial charge in [0.2, 0.25) is 0 Å². The van der Waals surface area contributed by atoms with Crippen LogP contribution in [0.4, 0.5) is 30.7 Å². The van der Waals surface area contributed by atoms with Crippen molar-refractivity contribution in [3.63, 3.8) is 0 Å². The maximum Gasteiger partial charge on any atom is 0.460 e. The Hall–Kier alpha value is -1.14. The fourth-order valence-corrected chi connectivity index (χ4v) is 0.577. The quantitative estimate of drug-likeness (QED) is 0.462. The average molecular weight is 320 g/mol. The van der Waals surface area contributed by atoms with Crippen molar-refractivity contribution in [1.29, 1.82) is 0 Å². The zero-order chi connectivity index (χ0) is 16.8. The summed E-state index contributed by atoms with van der Waals surface area (Å²) >= 11 is 0. The van der Waals surface area contributed by atoms with Crippen molar-refractivity contribution in [2.24, 2.45) is 0 Å².